The molecule has 0 saturated carbocycles. The fourth-order valence-electron chi connectivity index (χ4n) is 2.67. The van der Waals surface area contributed by atoms with E-state index in [1.54, 1.807) is 0 Å². The van der Waals surface area contributed by atoms with Crippen LogP contribution in [-0.2, 0) is 4.74 Å². The molecule has 0 bridgehead atoms. The van der Waals surface area contributed by atoms with Gasteiger partial charge >= 0.3 is 0 Å². The lowest BCUT2D eigenvalue weighted by molar-refractivity contribution is 0.0995. The molecule has 3 nitrogen and oxygen atoms in total. The average Bonchev–Trinajstić information content (AvgIpc) is 2.88. The van der Waals surface area contributed by atoms with E-state index in [0.717, 1.165) is 26.0 Å². The zero-order valence-corrected chi connectivity index (χ0v) is 11.5. The molecule has 0 amide bonds. The summed E-state index contributed by atoms with van der Waals surface area (Å²) in [6.07, 6.45) is 7.04. The fraction of sp³-hybridized carbons (Fsp3) is 0.667. The second-order valence-corrected chi connectivity index (χ2v) is 5.03. The standard InChI is InChI=1S/C15H24N2O/c1-3-16-14(9-8-13-7-5-11-18-13)15-12(2)6-4-10-17-15/h4,6,10,13-14,16H,3,5,7-9,11H2,1-2H3. The first-order valence-electron chi connectivity index (χ1n) is 7.07. The summed E-state index contributed by atoms with van der Waals surface area (Å²) in [5.41, 5.74) is 2.47. The molecule has 100 valence electrons. The predicted octanol–water partition coefficient (Wildman–Crippen LogP) is 3.00. The quantitative estimate of drug-likeness (QED) is 0.840. The van der Waals surface area contributed by atoms with Crippen molar-refractivity contribution in [2.75, 3.05) is 13.2 Å². The Hall–Kier alpha value is -0.930. The van der Waals surface area contributed by atoms with Crippen LogP contribution in [0.25, 0.3) is 0 Å². The highest BCUT2D eigenvalue weighted by Gasteiger charge is 2.19. The lowest BCUT2D eigenvalue weighted by Crippen LogP contribution is -2.24. The van der Waals surface area contributed by atoms with Gasteiger partial charge < -0.3 is 10.1 Å². The molecule has 2 heterocycles. The monoisotopic (exact) mass is 248 g/mol. The lowest BCUT2D eigenvalue weighted by Gasteiger charge is -2.20. The third kappa shape index (κ3) is 3.53. The van der Waals surface area contributed by atoms with E-state index >= 15 is 0 Å². The van der Waals surface area contributed by atoms with Gasteiger partial charge in [0.1, 0.15) is 0 Å². The number of aryl methyl sites for hydroxylation is 1. The van der Waals surface area contributed by atoms with Crippen LogP contribution < -0.4 is 5.32 Å². The molecule has 3 heteroatoms. The van der Waals surface area contributed by atoms with Crippen LogP contribution in [0.3, 0.4) is 0 Å². The Morgan fingerprint density at radius 1 is 1.56 bits per heavy atom. The largest absolute Gasteiger partial charge is 0.378 e. The normalized spacial score (nSPS) is 21.1. The SMILES string of the molecule is CCNC(CCC1CCCO1)c1ncccc1C. The fourth-order valence-corrected chi connectivity index (χ4v) is 2.67. The van der Waals surface area contributed by atoms with Crippen LogP contribution in [-0.4, -0.2) is 24.2 Å². The van der Waals surface area contributed by atoms with Crippen molar-refractivity contribution in [1.82, 2.24) is 10.3 Å². The summed E-state index contributed by atoms with van der Waals surface area (Å²) >= 11 is 0. The van der Waals surface area contributed by atoms with Crippen molar-refractivity contribution in [1.29, 1.82) is 0 Å². The maximum absolute atomic E-state index is 5.70. The molecule has 1 aromatic rings. The van der Waals surface area contributed by atoms with Crippen molar-refractivity contribution < 1.29 is 4.74 Å². The van der Waals surface area contributed by atoms with E-state index < -0.39 is 0 Å². The summed E-state index contributed by atoms with van der Waals surface area (Å²) < 4.78 is 5.70. The molecule has 0 aliphatic carbocycles. The van der Waals surface area contributed by atoms with Gasteiger partial charge in [-0.15, -0.1) is 0 Å². The zero-order valence-electron chi connectivity index (χ0n) is 11.5. The topological polar surface area (TPSA) is 34.1 Å². The van der Waals surface area contributed by atoms with E-state index in [2.05, 4.69) is 30.2 Å². The Bertz CT molecular complexity index is 361. The van der Waals surface area contributed by atoms with Gasteiger partial charge in [0.15, 0.2) is 0 Å². The number of ether oxygens (including phenoxy) is 1. The Morgan fingerprint density at radius 2 is 2.44 bits per heavy atom. The number of pyridine rings is 1. The first-order chi connectivity index (χ1) is 8.81. The van der Waals surface area contributed by atoms with E-state index in [1.165, 1.54) is 24.1 Å². The van der Waals surface area contributed by atoms with Crippen LogP contribution in [0, 0.1) is 6.92 Å². The summed E-state index contributed by atoms with van der Waals surface area (Å²) in [6, 6.07) is 4.50. The zero-order chi connectivity index (χ0) is 12.8. The Balaban J connectivity index is 1.96. The number of rotatable bonds is 6. The van der Waals surface area contributed by atoms with Crippen LogP contribution in [0.1, 0.15) is 49.9 Å². The Kier molecular flexibility index (Phi) is 5.14. The molecule has 1 aliphatic heterocycles. The Labute approximate surface area is 110 Å². The third-order valence-electron chi connectivity index (χ3n) is 3.63. The molecule has 0 spiro atoms. The highest BCUT2D eigenvalue weighted by atomic mass is 16.5. The summed E-state index contributed by atoms with van der Waals surface area (Å²) in [5, 5.41) is 3.55. The van der Waals surface area contributed by atoms with Gasteiger partial charge in [-0.2, -0.15) is 0 Å². The lowest BCUT2D eigenvalue weighted by atomic mass is 10.0. The Morgan fingerprint density at radius 3 is 3.11 bits per heavy atom. The maximum Gasteiger partial charge on any atom is 0.0602 e. The number of hydrogen-bond donors (Lipinski definition) is 1. The summed E-state index contributed by atoms with van der Waals surface area (Å²) in [6.45, 7) is 6.21. The second kappa shape index (κ2) is 6.86. The highest BCUT2D eigenvalue weighted by molar-refractivity contribution is 5.21. The van der Waals surface area contributed by atoms with Crippen LogP contribution in [0.2, 0.25) is 0 Å². The van der Waals surface area contributed by atoms with E-state index in [4.69, 9.17) is 4.74 Å². The molecule has 2 rings (SSSR count). The molecule has 1 saturated heterocycles. The number of aromatic nitrogens is 1. The minimum atomic E-state index is 0.361. The predicted molar refractivity (Wildman–Crippen MR) is 73.6 cm³/mol. The van der Waals surface area contributed by atoms with Crippen LogP contribution in [0.15, 0.2) is 18.3 Å². The van der Waals surface area contributed by atoms with Crippen molar-refractivity contribution >= 4 is 0 Å². The molecular formula is C15H24N2O. The van der Waals surface area contributed by atoms with Gasteiger partial charge in [0.2, 0.25) is 0 Å². The summed E-state index contributed by atoms with van der Waals surface area (Å²) in [7, 11) is 0. The van der Waals surface area contributed by atoms with E-state index in [9.17, 15) is 0 Å². The van der Waals surface area contributed by atoms with Gasteiger partial charge in [-0.25, -0.2) is 0 Å². The molecule has 2 atom stereocenters. The van der Waals surface area contributed by atoms with Crippen LogP contribution in [0.4, 0.5) is 0 Å². The first-order valence-corrected chi connectivity index (χ1v) is 7.07. The van der Waals surface area contributed by atoms with Gasteiger partial charge in [0.05, 0.1) is 11.8 Å². The highest BCUT2D eigenvalue weighted by Crippen LogP contribution is 2.24. The van der Waals surface area contributed by atoms with Crippen molar-refractivity contribution in [3.63, 3.8) is 0 Å². The molecule has 1 N–H and O–H groups in total. The summed E-state index contributed by atoms with van der Waals surface area (Å²) in [4.78, 5) is 4.54. The molecule has 2 unspecified atom stereocenters. The van der Waals surface area contributed by atoms with E-state index in [0.29, 0.717) is 12.1 Å². The molecule has 1 fully saturated rings. The van der Waals surface area contributed by atoms with Gasteiger partial charge in [-0.1, -0.05) is 13.0 Å². The molecular weight excluding hydrogens is 224 g/mol. The van der Waals surface area contributed by atoms with Gasteiger partial charge in [0.25, 0.3) is 0 Å². The van der Waals surface area contributed by atoms with Crippen LogP contribution >= 0.6 is 0 Å². The minimum absolute atomic E-state index is 0.361. The molecule has 18 heavy (non-hydrogen) atoms. The molecule has 1 aliphatic rings. The van der Waals surface area contributed by atoms with Gasteiger partial charge in [0, 0.05) is 18.8 Å². The van der Waals surface area contributed by atoms with E-state index in [1.807, 2.05) is 12.3 Å². The first kappa shape index (κ1) is 13.5. The molecule has 0 aromatic carbocycles. The second-order valence-electron chi connectivity index (χ2n) is 5.03. The summed E-state index contributed by atoms with van der Waals surface area (Å²) in [5.74, 6) is 0. The molecule has 1 aromatic heterocycles. The van der Waals surface area contributed by atoms with E-state index in [-0.39, 0.29) is 0 Å². The van der Waals surface area contributed by atoms with Crippen molar-refractivity contribution in [3.8, 4) is 0 Å². The van der Waals surface area contributed by atoms with Gasteiger partial charge in [-0.05, 0) is 50.8 Å². The smallest absolute Gasteiger partial charge is 0.0602 e. The maximum atomic E-state index is 5.70. The average molecular weight is 248 g/mol. The van der Waals surface area contributed by atoms with Gasteiger partial charge in [-0.3, -0.25) is 4.98 Å². The van der Waals surface area contributed by atoms with Crippen molar-refractivity contribution in [2.45, 2.75) is 51.7 Å². The van der Waals surface area contributed by atoms with Crippen molar-refractivity contribution in [2.24, 2.45) is 0 Å². The van der Waals surface area contributed by atoms with Crippen molar-refractivity contribution in [3.05, 3.63) is 29.6 Å². The van der Waals surface area contributed by atoms with Crippen LogP contribution in [0.5, 0.6) is 0 Å². The third-order valence-corrected chi connectivity index (χ3v) is 3.63. The molecule has 0 radical (unpaired) electrons. The number of nitrogens with one attached hydrogen (secondary N) is 1. The number of hydrogen-bond acceptors (Lipinski definition) is 3. The minimum Gasteiger partial charge on any atom is -0.378 e. The number of nitrogens with zero attached hydrogens (tertiary/aromatic N) is 1.